The Morgan fingerprint density at radius 3 is 2.82 bits per heavy atom. The Kier molecular flexibility index (Phi) is 1.52. The van der Waals surface area contributed by atoms with Gasteiger partial charge in [-0.25, -0.2) is 0 Å². The summed E-state index contributed by atoms with van der Waals surface area (Å²) in [5, 5.41) is 3.38. The minimum atomic E-state index is 0.357. The molecule has 0 aromatic carbocycles. The topological polar surface area (TPSA) is 21.3 Å². The predicted octanol–water partition coefficient (Wildman–Crippen LogP) is 1.02. The third-order valence-electron chi connectivity index (χ3n) is 3.41. The highest BCUT2D eigenvalue weighted by atomic mass is 16.5. The molecule has 2 rings (SSSR count). The highest BCUT2D eigenvalue weighted by Crippen LogP contribution is 2.51. The van der Waals surface area contributed by atoms with Crippen LogP contribution in [0.1, 0.15) is 20.3 Å². The Balaban J connectivity index is 2.12. The van der Waals surface area contributed by atoms with Gasteiger partial charge in [-0.3, -0.25) is 0 Å². The monoisotopic (exact) mass is 155 g/mol. The molecule has 11 heavy (non-hydrogen) atoms. The van der Waals surface area contributed by atoms with Crippen LogP contribution in [0, 0.1) is 11.3 Å². The van der Waals surface area contributed by atoms with Gasteiger partial charge in [-0.2, -0.15) is 0 Å². The smallest absolute Gasteiger partial charge is 0.0685 e. The number of hydrogen-bond acceptors (Lipinski definition) is 2. The normalized spacial score (nSPS) is 46.6. The van der Waals surface area contributed by atoms with Crippen LogP contribution in [0.4, 0.5) is 0 Å². The van der Waals surface area contributed by atoms with Gasteiger partial charge in [-0.05, 0) is 13.5 Å². The fraction of sp³-hybridized carbons (Fsp3) is 1.00. The molecule has 0 unspecified atom stereocenters. The lowest BCUT2D eigenvalue weighted by atomic mass is 9.57. The highest BCUT2D eigenvalue weighted by Gasteiger charge is 2.58. The van der Waals surface area contributed by atoms with Crippen LogP contribution in [0.25, 0.3) is 0 Å². The molecule has 1 heterocycles. The molecule has 1 aliphatic carbocycles. The Bertz CT molecular complexity index is 167. The van der Waals surface area contributed by atoms with Crippen molar-refractivity contribution in [2.45, 2.75) is 32.4 Å². The summed E-state index contributed by atoms with van der Waals surface area (Å²) in [6, 6.07) is 0.676. The zero-order valence-corrected chi connectivity index (χ0v) is 7.55. The van der Waals surface area contributed by atoms with Gasteiger partial charge in [0.1, 0.15) is 0 Å². The standard InChI is InChI=1S/C9H17NO/c1-9(2)7(10-3)6-4-5-11-8(6)9/h6-8,10H,4-5H2,1-3H3/t6-,7+,8+/m1/s1. The third-order valence-corrected chi connectivity index (χ3v) is 3.41. The summed E-state index contributed by atoms with van der Waals surface area (Å²) in [7, 11) is 2.06. The molecule has 0 spiro atoms. The van der Waals surface area contributed by atoms with Crippen molar-refractivity contribution in [2.75, 3.05) is 13.7 Å². The van der Waals surface area contributed by atoms with Crippen molar-refractivity contribution in [3.05, 3.63) is 0 Å². The molecule has 1 saturated carbocycles. The molecule has 0 bridgehead atoms. The van der Waals surface area contributed by atoms with Crippen molar-refractivity contribution in [2.24, 2.45) is 11.3 Å². The molecule has 1 aliphatic heterocycles. The zero-order valence-electron chi connectivity index (χ0n) is 7.55. The first kappa shape index (κ1) is 7.56. The lowest BCUT2D eigenvalue weighted by Gasteiger charge is -2.54. The Morgan fingerprint density at radius 2 is 2.18 bits per heavy atom. The lowest BCUT2D eigenvalue weighted by molar-refractivity contribution is -0.110. The molecule has 0 aromatic rings. The summed E-state index contributed by atoms with van der Waals surface area (Å²) >= 11 is 0. The molecule has 0 amide bonds. The van der Waals surface area contributed by atoms with Crippen LogP contribution in [-0.2, 0) is 4.74 Å². The van der Waals surface area contributed by atoms with Crippen molar-refractivity contribution in [1.82, 2.24) is 5.32 Å². The van der Waals surface area contributed by atoms with Crippen molar-refractivity contribution in [3.63, 3.8) is 0 Å². The van der Waals surface area contributed by atoms with Crippen LogP contribution >= 0.6 is 0 Å². The summed E-state index contributed by atoms with van der Waals surface area (Å²) in [4.78, 5) is 0. The van der Waals surface area contributed by atoms with E-state index >= 15 is 0 Å². The molecule has 2 fully saturated rings. The Morgan fingerprint density at radius 1 is 1.45 bits per heavy atom. The van der Waals surface area contributed by atoms with Gasteiger partial charge in [0, 0.05) is 24.0 Å². The Labute approximate surface area is 68.3 Å². The summed E-state index contributed by atoms with van der Waals surface area (Å²) in [6.45, 7) is 5.55. The number of fused-ring (bicyclic) bond motifs is 1. The van der Waals surface area contributed by atoms with Crippen LogP contribution in [0.3, 0.4) is 0 Å². The first-order chi connectivity index (χ1) is 5.18. The second-order valence-electron chi connectivity index (χ2n) is 4.33. The fourth-order valence-electron chi connectivity index (χ4n) is 2.91. The second-order valence-corrected chi connectivity index (χ2v) is 4.33. The van der Waals surface area contributed by atoms with E-state index in [2.05, 4.69) is 26.2 Å². The van der Waals surface area contributed by atoms with Gasteiger partial charge in [-0.15, -0.1) is 0 Å². The number of nitrogens with one attached hydrogen (secondary N) is 1. The van der Waals surface area contributed by atoms with Crippen molar-refractivity contribution in [3.8, 4) is 0 Å². The third kappa shape index (κ3) is 0.798. The van der Waals surface area contributed by atoms with Gasteiger partial charge in [-0.1, -0.05) is 13.8 Å². The summed E-state index contributed by atoms with van der Waals surface area (Å²) in [6.07, 6.45) is 1.78. The van der Waals surface area contributed by atoms with Crippen LogP contribution < -0.4 is 5.32 Å². The molecule has 2 aliphatic rings. The second kappa shape index (κ2) is 2.20. The number of hydrogen-bond donors (Lipinski definition) is 1. The van der Waals surface area contributed by atoms with E-state index < -0.39 is 0 Å². The molecule has 2 nitrogen and oxygen atoms in total. The lowest BCUT2D eigenvalue weighted by Crippen LogP contribution is -2.65. The first-order valence-electron chi connectivity index (χ1n) is 4.47. The maximum Gasteiger partial charge on any atom is 0.0685 e. The SMILES string of the molecule is CN[C@H]1[C@H]2CCO[C@@H]2C1(C)C. The van der Waals surface area contributed by atoms with Gasteiger partial charge >= 0.3 is 0 Å². The van der Waals surface area contributed by atoms with E-state index in [4.69, 9.17) is 4.74 Å². The molecule has 2 heteroatoms. The molecule has 1 N–H and O–H groups in total. The van der Waals surface area contributed by atoms with Crippen LogP contribution in [-0.4, -0.2) is 25.8 Å². The van der Waals surface area contributed by atoms with E-state index in [0.717, 1.165) is 12.5 Å². The highest BCUT2D eigenvalue weighted by molar-refractivity contribution is 5.10. The zero-order chi connectivity index (χ0) is 8.06. The molecule has 1 saturated heterocycles. The van der Waals surface area contributed by atoms with Crippen molar-refractivity contribution < 1.29 is 4.74 Å². The van der Waals surface area contributed by atoms with Crippen molar-refractivity contribution >= 4 is 0 Å². The maximum absolute atomic E-state index is 5.66. The van der Waals surface area contributed by atoms with Gasteiger partial charge in [0.25, 0.3) is 0 Å². The van der Waals surface area contributed by atoms with Crippen molar-refractivity contribution in [1.29, 1.82) is 0 Å². The van der Waals surface area contributed by atoms with Gasteiger partial charge in [0.15, 0.2) is 0 Å². The number of ether oxygens (including phenoxy) is 1. The molecule has 3 atom stereocenters. The average molecular weight is 155 g/mol. The molecule has 0 radical (unpaired) electrons. The van der Waals surface area contributed by atoms with Gasteiger partial charge < -0.3 is 10.1 Å². The molecular weight excluding hydrogens is 138 g/mol. The Hall–Kier alpha value is -0.0800. The van der Waals surface area contributed by atoms with Crippen LogP contribution in [0.2, 0.25) is 0 Å². The average Bonchev–Trinajstić information content (AvgIpc) is 2.34. The summed E-state index contributed by atoms with van der Waals surface area (Å²) in [5.41, 5.74) is 0.357. The largest absolute Gasteiger partial charge is 0.377 e. The molecular formula is C9H17NO. The van der Waals surface area contributed by atoms with E-state index in [1.807, 2.05) is 0 Å². The first-order valence-corrected chi connectivity index (χ1v) is 4.47. The summed E-state index contributed by atoms with van der Waals surface area (Å²) in [5.74, 6) is 0.787. The predicted molar refractivity (Wildman–Crippen MR) is 44.5 cm³/mol. The quantitative estimate of drug-likeness (QED) is 0.610. The summed E-state index contributed by atoms with van der Waals surface area (Å²) < 4.78 is 5.66. The fourth-order valence-corrected chi connectivity index (χ4v) is 2.91. The minimum absolute atomic E-state index is 0.357. The van der Waals surface area contributed by atoms with Crippen LogP contribution in [0.5, 0.6) is 0 Å². The van der Waals surface area contributed by atoms with E-state index in [1.165, 1.54) is 6.42 Å². The van der Waals surface area contributed by atoms with E-state index in [1.54, 1.807) is 0 Å². The molecule has 0 aromatic heterocycles. The number of rotatable bonds is 1. The van der Waals surface area contributed by atoms with E-state index in [-0.39, 0.29) is 0 Å². The maximum atomic E-state index is 5.66. The van der Waals surface area contributed by atoms with Gasteiger partial charge in [0.05, 0.1) is 6.10 Å². The minimum Gasteiger partial charge on any atom is -0.377 e. The molecule has 64 valence electrons. The van der Waals surface area contributed by atoms with Crippen LogP contribution in [0.15, 0.2) is 0 Å². The van der Waals surface area contributed by atoms with E-state index in [0.29, 0.717) is 17.6 Å². The van der Waals surface area contributed by atoms with Gasteiger partial charge in [0.2, 0.25) is 0 Å². The van der Waals surface area contributed by atoms with E-state index in [9.17, 15) is 0 Å².